The van der Waals surface area contributed by atoms with Gasteiger partial charge in [-0.3, -0.25) is 4.79 Å². The molecule has 0 radical (unpaired) electrons. The zero-order valence-electron chi connectivity index (χ0n) is 8.20. The molecule has 0 fully saturated rings. The van der Waals surface area contributed by atoms with Crippen LogP contribution in [-0.2, 0) is 4.79 Å². The van der Waals surface area contributed by atoms with Crippen molar-refractivity contribution >= 4 is 39.5 Å². The fraction of sp³-hybridized carbons (Fsp3) is 0.200. The molecule has 0 aliphatic rings. The van der Waals surface area contributed by atoms with Crippen molar-refractivity contribution in [3.63, 3.8) is 0 Å². The molecule has 16 heavy (non-hydrogen) atoms. The molecule has 0 saturated heterocycles. The van der Waals surface area contributed by atoms with Gasteiger partial charge in [-0.1, -0.05) is 27.5 Å². The fourth-order valence-corrected chi connectivity index (χ4v) is 1.26. The zero-order chi connectivity index (χ0) is 12.3. The molecule has 1 aromatic rings. The number of hydrogen-bond donors (Lipinski definition) is 0. The van der Waals surface area contributed by atoms with E-state index in [9.17, 15) is 14.7 Å². The maximum absolute atomic E-state index is 11.2. The summed E-state index contributed by atoms with van der Waals surface area (Å²) in [6.07, 6.45) is 0. The van der Waals surface area contributed by atoms with Crippen LogP contribution >= 0.6 is 27.5 Å². The van der Waals surface area contributed by atoms with Crippen molar-refractivity contribution in [3.05, 3.63) is 28.8 Å². The third kappa shape index (κ3) is 3.21. The van der Waals surface area contributed by atoms with Crippen LogP contribution in [0.1, 0.15) is 17.3 Å². The van der Waals surface area contributed by atoms with E-state index in [2.05, 4.69) is 15.9 Å². The second-order valence-corrected chi connectivity index (χ2v) is 4.75. The van der Waals surface area contributed by atoms with Gasteiger partial charge in [-0.05, 0) is 19.1 Å². The molecule has 1 rings (SSSR count). The third-order valence-corrected chi connectivity index (χ3v) is 2.39. The molecular formula is C10H7BrClO4-. The number of carboxylic acids is 1. The normalized spacial score (nSPS) is 11.9. The lowest BCUT2D eigenvalue weighted by molar-refractivity contribution is -0.255. The van der Waals surface area contributed by atoms with Crippen LogP contribution in [0.4, 0.5) is 0 Å². The van der Waals surface area contributed by atoms with E-state index < -0.39 is 16.8 Å². The molecule has 0 heterocycles. The summed E-state index contributed by atoms with van der Waals surface area (Å²) in [6, 6.07) is 3.81. The molecule has 1 unspecified atom stereocenters. The van der Waals surface area contributed by atoms with E-state index in [0.29, 0.717) is 0 Å². The van der Waals surface area contributed by atoms with Gasteiger partial charge in [0.25, 0.3) is 0 Å². The van der Waals surface area contributed by atoms with Crippen molar-refractivity contribution in [2.45, 2.75) is 11.8 Å². The molecule has 4 nitrogen and oxygen atoms in total. The zero-order valence-corrected chi connectivity index (χ0v) is 10.5. The van der Waals surface area contributed by atoms with Crippen molar-refractivity contribution in [3.8, 4) is 5.75 Å². The molecular weight excluding hydrogens is 299 g/mol. The van der Waals surface area contributed by atoms with E-state index in [1.165, 1.54) is 18.2 Å². The third-order valence-electron chi connectivity index (χ3n) is 1.70. The van der Waals surface area contributed by atoms with Gasteiger partial charge in [-0.2, -0.15) is 0 Å². The highest BCUT2D eigenvalue weighted by Crippen LogP contribution is 2.22. The minimum atomic E-state index is -1.38. The maximum atomic E-state index is 11.2. The van der Waals surface area contributed by atoms with Gasteiger partial charge in [-0.25, -0.2) is 0 Å². The van der Waals surface area contributed by atoms with Crippen molar-refractivity contribution in [2.24, 2.45) is 0 Å². The maximum Gasteiger partial charge on any atom is 0.324 e. The molecule has 0 aromatic heterocycles. The number of carboxylic acid groups (broad SMARTS) is 1. The van der Waals surface area contributed by atoms with E-state index in [-0.39, 0.29) is 16.3 Å². The second-order valence-electron chi connectivity index (χ2n) is 2.97. The Bertz CT molecular complexity index is 431. The first-order valence-electron chi connectivity index (χ1n) is 4.28. The van der Waals surface area contributed by atoms with E-state index in [1.54, 1.807) is 6.92 Å². The summed E-state index contributed by atoms with van der Waals surface area (Å²) in [5, 5.41) is 10.5. The number of hydrogen-bond acceptors (Lipinski definition) is 4. The molecule has 86 valence electrons. The molecule has 0 N–H and O–H groups in total. The number of carbonyl (C=O) groups excluding carboxylic acids is 2. The van der Waals surface area contributed by atoms with Gasteiger partial charge in [-0.15, -0.1) is 0 Å². The highest BCUT2D eigenvalue weighted by atomic mass is 79.9. The summed E-state index contributed by atoms with van der Waals surface area (Å²) in [6.45, 7) is 1.61. The molecule has 6 heteroatoms. The number of ether oxygens (including phenoxy) is 1. The SMILES string of the molecule is CC(Br)C(=O)Oc1ccc(C(=O)[O-])c(Cl)c1. The van der Waals surface area contributed by atoms with Gasteiger partial charge in [0.05, 0.1) is 11.0 Å². The minimum absolute atomic E-state index is 0.0347. The summed E-state index contributed by atoms with van der Waals surface area (Å²) in [5.74, 6) is -1.68. The molecule has 0 amide bonds. The van der Waals surface area contributed by atoms with Gasteiger partial charge in [0.1, 0.15) is 10.6 Å². The lowest BCUT2D eigenvalue weighted by Crippen LogP contribution is -2.22. The van der Waals surface area contributed by atoms with Gasteiger partial charge in [0.15, 0.2) is 0 Å². The number of esters is 1. The number of halogens is 2. The molecule has 1 aromatic carbocycles. The smallest absolute Gasteiger partial charge is 0.324 e. The van der Waals surface area contributed by atoms with E-state index in [4.69, 9.17) is 16.3 Å². The Morgan fingerprint density at radius 1 is 1.50 bits per heavy atom. The van der Waals surface area contributed by atoms with Crippen LogP contribution in [-0.4, -0.2) is 16.8 Å². The van der Waals surface area contributed by atoms with Crippen LogP contribution in [0.25, 0.3) is 0 Å². The summed E-state index contributed by atoms with van der Waals surface area (Å²) in [4.78, 5) is 21.3. The Morgan fingerprint density at radius 3 is 2.56 bits per heavy atom. The van der Waals surface area contributed by atoms with E-state index in [0.717, 1.165) is 0 Å². The van der Waals surface area contributed by atoms with Crippen LogP contribution in [0.5, 0.6) is 5.75 Å². The molecule has 1 atom stereocenters. The molecule has 0 saturated carbocycles. The highest BCUT2D eigenvalue weighted by Gasteiger charge is 2.12. The lowest BCUT2D eigenvalue weighted by atomic mass is 10.2. The Morgan fingerprint density at radius 2 is 2.12 bits per heavy atom. The summed E-state index contributed by atoms with van der Waals surface area (Å²) < 4.78 is 4.91. The van der Waals surface area contributed by atoms with Crippen molar-refractivity contribution < 1.29 is 19.4 Å². The van der Waals surface area contributed by atoms with Crippen LogP contribution in [0.2, 0.25) is 5.02 Å². The number of alkyl halides is 1. The number of aromatic carboxylic acids is 1. The van der Waals surface area contributed by atoms with Crippen LogP contribution in [0.15, 0.2) is 18.2 Å². The Hall–Kier alpha value is -1.07. The van der Waals surface area contributed by atoms with Crippen molar-refractivity contribution in [2.75, 3.05) is 0 Å². The average Bonchev–Trinajstić information content (AvgIpc) is 2.16. The van der Waals surface area contributed by atoms with Crippen LogP contribution < -0.4 is 9.84 Å². The quantitative estimate of drug-likeness (QED) is 0.481. The number of rotatable bonds is 3. The summed E-state index contributed by atoms with van der Waals surface area (Å²) in [5.41, 5.74) is -0.145. The molecule has 0 spiro atoms. The van der Waals surface area contributed by atoms with Gasteiger partial charge >= 0.3 is 5.97 Å². The van der Waals surface area contributed by atoms with Crippen LogP contribution in [0, 0.1) is 0 Å². The van der Waals surface area contributed by atoms with Crippen LogP contribution in [0.3, 0.4) is 0 Å². The first kappa shape index (κ1) is 13.0. The van der Waals surface area contributed by atoms with Gasteiger partial charge in [0.2, 0.25) is 0 Å². The minimum Gasteiger partial charge on any atom is -0.545 e. The standard InChI is InChI=1S/C10H8BrClO4/c1-5(11)10(15)16-6-2-3-7(9(13)14)8(12)4-6/h2-5H,1H3,(H,13,14)/p-1. The predicted octanol–water partition coefficient (Wildman–Crippen LogP) is 1.39. The Kier molecular flexibility index (Phi) is 4.32. The summed E-state index contributed by atoms with van der Waals surface area (Å²) >= 11 is 8.71. The predicted molar refractivity (Wildman–Crippen MR) is 59.8 cm³/mol. The van der Waals surface area contributed by atoms with E-state index in [1.807, 2.05) is 0 Å². The largest absolute Gasteiger partial charge is 0.545 e. The summed E-state index contributed by atoms with van der Waals surface area (Å²) in [7, 11) is 0. The van der Waals surface area contributed by atoms with Crippen molar-refractivity contribution in [1.82, 2.24) is 0 Å². The van der Waals surface area contributed by atoms with E-state index >= 15 is 0 Å². The lowest BCUT2D eigenvalue weighted by Gasteiger charge is -2.09. The average molecular weight is 307 g/mol. The first-order valence-corrected chi connectivity index (χ1v) is 5.58. The second kappa shape index (κ2) is 5.32. The fourth-order valence-electron chi connectivity index (χ4n) is 0.922. The Balaban J connectivity index is 2.90. The highest BCUT2D eigenvalue weighted by molar-refractivity contribution is 9.10. The number of carbonyl (C=O) groups is 2. The monoisotopic (exact) mass is 305 g/mol. The molecule has 0 aliphatic carbocycles. The molecule has 0 bridgehead atoms. The topological polar surface area (TPSA) is 66.4 Å². The van der Waals surface area contributed by atoms with Gasteiger partial charge < -0.3 is 14.6 Å². The Labute approximate surface area is 105 Å². The first-order chi connectivity index (χ1) is 7.41. The number of benzene rings is 1. The van der Waals surface area contributed by atoms with Crippen molar-refractivity contribution in [1.29, 1.82) is 0 Å². The molecule has 0 aliphatic heterocycles. The van der Waals surface area contributed by atoms with Gasteiger partial charge in [0, 0.05) is 11.6 Å².